The zero-order valence-electron chi connectivity index (χ0n) is 17.4. The van der Waals surface area contributed by atoms with Crippen molar-refractivity contribution in [3.63, 3.8) is 0 Å². The minimum absolute atomic E-state index is 0.0236. The Kier molecular flexibility index (Phi) is 6.40. The largest absolute Gasteiger partial charge is 0.497 e. The van der Waals surface area contributed by atoms with Gasteiger partial charge in [-0.15, -0.1) is 0 Å². The van der Waals surface area contributed by atoms with Crippen LogP contribution < -0.4 is 15.0 Å². The third kappa shape index (κ3) is 4.99. The summed E-state index contributed by atoms with van der Waals surface area (Å²) in [5.41, 5.74) is 2.34. The van der Waals surface area contributed by atoms with Crippen molar-refractivity contribution in [1.29, 1.82) is 0 Å². The van der Waals surface area contributed by atoms with Gasteiger partial charge >= 0.3 is 0 Å². The molecule has 1 N–H and O–H groups in total. The van der Waals surface area contributed by atoms with E-state index in [4.69, 9.17) is 4.74 Å². The van der Waals surface area contributed by atoms with E-state index in [0.717, 1.165) is 48.8 Å². The van der Waals surface area contributed by atoms with Crippen LogP contribution in [0, 0.1) is 11.7 Å². The van der Waals surface area contributed by atoms with Gasteiger partial charge in [0, 0.05) is 42.7 Å². The summed E-state index contributed by atoms with van der Waals surface area (Å²) in [7, 11) is 1.64. The number of halogens is 1. The predicted molar refractivity (Wildman–Crippen MR) is 117 cm³/mol. The molecule has 0 spiro atoms. The highest BCUT2D eigenvalue weighted by atomic mass is 19.1. The smallest absolute Gasteiger partial charge is 0.223 e. The average Bonchev–Trinajstić information content (AvgIpc) is 2.83. The number of hydrogen-bond donors (Lipinski definition) is 1. The maximum absolute atomic E-state index is 13.7. The van der Waals surface area contributed by atoms with Gasteiger partial charge in [-0.25, -0.2) is 14.4 Å². The average molecular weight is 420 g/mol. The summed E-state index contributed by atoms with van der Waals surface area (Å²) < 4.78 is 18.9. The number of carbonyl (C=O) groups excluding carboxylic acids is 1. The lowest BCUT2D eigenvalue weighted by molar-refractivity contribution is -0.125. The monoisotopic (exact) mass is 420 g/mol. The van der Waals surface area contributed by atoms with Crippen LogP contribution >= 0.6 is 0 Å². The Morgan fingerprint density at radius 3 is 2.58 bits per heavy atom. The lowest BCUT2D eigenvalue weighted by Crippen LogP contribution is -2.40. The number of hydrogen-bond acceptors (Lipinski definition) is 5. The number of nitrogens with one attached hydrogen (secondary N) is 1. The molecule has 4 rings (SSSR count). The second-order valence-electron chi connectivity index (χ2n) is 7.56. The standard InChI is InChI=1S/C24H25FN4O2/c1-31-20-8-6-17(7-9-20)22-14-23(28-16-27-22)29-12-10-18(11-13-29)24(30)26-15-19-4-2-3-5-21(19)25/h2-9,14,16,18H,10-13,15H2,1H3,(H,26,30). The lowest BCUT2D eigenvalue weighted by atomic mass is 9.95. The molecule has 0 unspecified atom stereocenters. The Labute approximate surface area is 181 Å². The Balaban J connectivity index is 1.34. The molecule has 2 aromatic carbocycles. The molecule has 160 valence electrons. The number of amides is 1. The number of ether oxygens (including phenoxy) is 1. The van der Waals surface area contributed by atoms with E-state index in [9.17, 15) is 9.18 Å². The third-order valence-electron chi connectivity index (χ3n) is 5.64. The maximum Gasteiger partial charge on any atom is 0.223 e. The highest BCUT2D eigenvalue weighted by Crippen LogP contribution is 2.26. The van der Waals surface area contributed by atoms with E-state index in [1.165, 1.54) is 6.07 Å². The maximum atomic E-state index is 13.7. The van der Waals surface area contributed by atoms with Gasteiger partial charge in [0.25, 0.3) is 0 Å². The van der Waals surface area contributed by atoms with Crippen LogP contribution in [-0.2, 0) is 11.3 Å². The molecule has 7 heteroatoms. The van der Waals surface area contributed by atoms with Gasteiger partial charge in [-0.2, -0.15) is 0 Å². The van der Waals surface area contributed by atoms with Crippen LogP contribution in [0.3, 0.4) is 0 Å². The molecule has 0 bridgehead atoms. The van der Waals surface area contributed by atoms with E-state index >= 15 is 0 Å². The van der Waals surface area contributed by atoms with Crippen LogP contribution in [0.15, 0.2) is 60.9 Å². The van der Waals surface area contributed by atoms with Gasteiger partial charge in [0.1, 0.15) is 23.7 Å². The first-order valence-corrected chi connectivity index (χ1v) is 10.4. The number of rotatable bonds is 6. The molecule has 1 amide bonds. The van der Waals surface area contributed by atoms with Crippen LogP contribution in [0.2, 0.25) is 0 Å². The summed E-state index contributed by atoms with van der Waals surface area (Å²) in [6.45, 7) is 1.68. The van der Waals surface area contributed by atoms with Crippen LogP contribution in [0.1, 0.15) is 18.4 Å². The fourth-order valence-electron chi connectivity index (χ4n) is 3.78. The summed E-state index contributed by atoms with van der Waals surface area (Å²) in [6.07, 6.45) is 3.03. The first kappa shape index (κ1) is 20.8. The Hall–Kier alpha value is -3.48. The fraction of sp³-hybridized carbons (Fsp3) is 0.292. The molecule has 0 aliphatic carbocycles. The van der Waals surface area contributed by atoms with Crippen LogP contribution in [0.4, 0.5) is 10.2 Å². The van der Waals surface area contributed by atoms with E-state index in [1.807, 2.05) is 30.3 Å². The van der Waals surface area contributed by atoms with Crippen molar-refractivity contribution in [1.82, 2.24) is 15.3 Å². The van der Waals surface area contributed by atoms with Crippen molar-refractivity contribution in [2.24, 2.45) is 5.92 Å². The predicted octanol–water partition coefficient (Wildman–Crippen LogP) is 3.82. The number of benzene rings is 2. The Morgan fingerprint density at radius 2 is 1.87 bits per heavy atom. The summed E-state index contributed by atoms with van der Waals surface area (Å²) in [5, 5.41) is 2.87. The highest BCUT2D eigenvalue weighted by molar-refractivity contribution is 5.79. The molecule has 2 heterocycles. The quantitative estimate of drug-likeness (QED) is 0.657. The molecular weight excluding hydrogens is 395 g/mol. The SMILES string of the molecule is COc1ccc(-c2cc(N3CCC(C(=O)NCc4ccccc4F)CC3)ncn2)cc1. The van der Waals surface area contributed by atoms with Gasteiger partial charge in [0.05, 0.1) is 12.8 Å². The first-order chi connectivity index (χ1) is 15.1. The molecule has 1 aliphatic heterocycles. The minimum Gasteiger partial charge on any atom is -0.497 e. The fourth-order valence-corrected chi connectivity index (χ4v) is 3.78. The topological polar surface area (TPSA) is 67.3 Å². The Morgan fingerprint density at radius 1 is 1.13 bits per heavy atom. The van der Waals surface area contributed by atoms with Crippen LogP contribution in [0.5, 0.6) is 5.75 Å². The van der Waals surface area contributed by atoms with Gasteiger partial charge < -0.3 is 15.0 Å². The number of methoxy groups -OCH3 is 1. The molecule has 31 heavy (non-hydrogen) atoms. The molecule has 3 aromatic rings. The van der Waals surface area contributed by atoms with Gasteiger partial charge in [-0.1, -0.05) is 18.2 Å². The molecule has 0 saturated carbocycles. The molecule has 1 fully saturated rings. The summed E-state index contributed by atoms with van der Waals surface area (Å²) in [5.74, 6) is 1.25. The molecule has 1 saturated heterocycles. The van der Waals surface area contributed by atoms with E-state index in [-0.39, 0.29) is 24.2 Å². The van der Waals surface area contributed by atoms with Gasteiger partial charge in [0.2, 0.25) is 5.91 Å². The highest BCUT2D eigenvalue weighted by Gasteiger charge is 2.25. The summed E-state index contributed by atoms with van der Waals surface area (Å²) in [4.78, 5) is 23.5. The van der Waals surface area contributed by atoms with Crippen molar-refractivity contribution >= 4 is 11.7 Å². The zero-order chi connectivity index (χ0) is 21.6. The van der Waals surface area contributed by atoms with Crippen LogP contribution in [-0.4, -0.2) is 36.1 Å². The molecule has 1 aromatic heterocycles. The van der Waals surface area contributed by atoms with Gasteiger partial charge in [0.15, 0.2) is 0 Å². The molecule has 6 nitrogen and oxygen atoms in total. The first-order valence-electron chi connectivity index (χ1n) is 10.4. The number of aromatic nitrogens is 2. The molecule has 1 aliphatic rings. The lowest BCUT2D eigenvalue weighted by Gasteiger charge is -2.32. The third-order valence-corrected chi connectivity index (χ3v) is 5.64. The number of piperidine rings is 1. The molecule has 0 radical (unpaired) electrons. The zero-order valence-corrected chi connectivity index (χ0v) is 17.4. The van der Waals surface area contributed by atoms with Crippen molar-refractivity contribution < 1.29 is 13.9 Å². The van der Waals surface area contributed by atoms with E-state index in [0.29, 0.717) is 5.56 Å². The van der Waals surface area contributed by atoms with E-state index in [2.05, 4.69) is 20.2 Å². The van der Waals surface area contributed by atoms with Gasteiger partial charge in [-0.3, -0.25) is 4.79 Å². The molecule has 0 atom stereocenters. The van der Waals surface area contributed by atoms with Crippen molar-refractivity contribution in [3.8, 4) is 17.0 Å². The van der Waals surface area contributed by atoms with E-state index < -0.39 is 0 Å². The normalized spacial score (nSPS) is 14.3. The number of nitrogens with zero attached hydrogens (tertiary/aromatic N) is 3. The van der Waals surface area contributed by atoms with Crippen LogP contribution in [0.25, 0.3) is 11.3 Å². The summed E-state index contributed by atoms with van der Waals surface area (Å²) in [6, 6.07) is 16.2. The second kappa shape index (κ2) is 9.55. The van der Waals surface area contributed by atoms with Crippen molar-refractivity contribution in [2.75, 3.05) is 25.1 Å². The van der Waals surface area contributed by atoms with Crippen molar-refractivity contribution in [2.45, 2.75) is 19.4 Å². The number of anilines is 1. The Bertz CT molecular complexity index is 1030. The van der Waals surface area contributed by atoms with Gasteiger partial charge in [-0.05, 0) is 43.2 Å². The minimum atomic E-state index is -0.297. The summed E-state index contributed by atoms with van der Waals surface area (Å²) >= 11 is 0. The molecular formula is C24H25FN4O2. The van der Waals surface area contributed by atoms with E-state index in [1.54, 1.807) is 31.6 Å². The second-order valence-corrected chi connectivity index (χ2v) is 7.56. The van der Waals surface area contributed by atoms with Crippen molar-refractivity contribution in [3.05, 3.63) is 72.3 Å². The number of carbonyl (C=O) groups is 1.